The lowest BCUT2D eigenvalue weighted by Crippen LogP contribution is -2.64. The zero-order chi connectivity index (χ0) is 27.4. The molecular weight excluding hydrogens is 512 g/mol. The Morgan fingerprint density at radius 1 is 0.625 bits per heavy atom. The average Bonchev–Trinajstić information content (AvgIpc) is 2.89. The molecule has 8 bridgehead atoms. The lowest BCUT2D eigenvalue weighted by molar-refractivity contribution is -0.322. The first-order valence-electron chi connectivity index (χ1n) is 15.2. The number of hydrogen-bond acceptors (Lipinski definition) is 8. The van der Waals surface area contributed by atoms with Gasteiger partial charge < -0.3 is 18.9 Å². The van der Waals surface area contributed by atoms with Gasteiger partial charge in [0.05, 0.1) is 0 Å². The summed E-state index contributed by atoms with van der Waals surface area (Å²) in [4.78, 5) is 52.1. The van der Waals surface area contributed by atoms with Crippen LogP contribution < -0.4 is 0 Å². The van der Waals surface area contributed by atoms with Gasteiger partial charge in [0.2, 0.25) is 0 Å². The average molecular weight is 549 g/mol. The molecule has 2 spiro atoms. The molecule has 8 saturated carbocycles. The second-order valence-corrected chi connectivity index (χ2v) is 14.0. The van der Waals surface area contributed by atoms with Gasteiger partial charge in [-0.3, -0.25) is 9.59 Å². The van der Waals surface area contributed by atoms with E-state index in [-0.39, 0.29) is 29.2 Å². The fraction of sp³-hybridized carbons (Fsp3) is 0.688. The van der Waals surface area contributed by atoms with Crippen LogP contribution >= 0.6 is 0 Å². The maximum atomic E-state index is 13.0. The Balaban J connectivity index is 0.946. The lowest BCUT2D eigenvalue weighted by Gasteiger charge is -2.59. The van der Waals surface area contributed by atoms with E-state index in [9.17, 15) is 19.2 Å². The highest BCUT2D eigenvalue weighted by Crippen LogP contribution is 2.62. The molecule has 0 unspecified atom stereocenters. The summed E-state index contributed by atoms with van der Waals surface area (Å²) < 4.78 is 23.8. The summed E-state index contributed by atoms with van der Waals surface area (Å²) in [6, 6.07) is 0. The van der Waals surface area contributed by atoms with Crippen molar-refractivity contribution in [2.75, 3.05) is 0 Å². The maximum absolute atomic E-state index is 13.0. The largest absolute Gasteiger partial charge is 0.421 e. The van der Waals surface area contributed by atoms with Gasteiger partial charge in [0.1, 0.15) is 5.57 Å². The summed E-state index contributed by atoms with van der Waals surface area (Å²) >= 11 is 0. The minimum atomic E-state index is -1.14. The van der Waals surface area contributed by atoms with Crippen molar-refractivity contribution in [3.63, 3.8) is 0 Å². The summed E-state index contributed by atoms with van der Waals surface area (Å²) in [6.45, 7) is 1.76. The van der Waals surface area contributed by atoms with Crippen molar-refractivity contribution in [1.29, 1.82) is 0 Å². The van der Waals surface area contributed by atoms with Crippen molar-refractivity contribution < 1.29 is 38.1 Å². The Bertz CT molecular complexity index is 1190. The highest BCUT2D eigenvalue weighted by Gasteiger charge is 2.66. The van der Waals surface area contributed by atoms with E-state index < -0.39 is 41.4 Å². The van der Waals surface area contributed by atoms with E-state index in [1.807, 2.05) is 0 Å². The van der Waals surface area contributed by atoms with Crippen molar-refractivity contribution in [3.8, 4) is 0 Å². The number of ether oxygens (including phenoxy) is 4. The number of carbonyl (C=O) groups excluding carboxylic acids is 4. The van der Waals surface area contributed by atoms with Crippen molar-refractivity contribution in [3.05, 3.63) is 35.5 Å². The number of allylic oxidation sites excluding steroid dienone is 4. The van der Waals surface area contributed by atoms with Gasteiger partial charge in [-0.1, -0.05) is 23.8 Å². The van der Waals surface area contributed by atoms with E-state index >= 15 is 0 Å². The van der Waals surface area contributed by atoms with E-state index in [1.54, 1.807) is 19.1 Å². The van der Waals surface area contributed by atoms with E-state index in [1.165, 1.54) is 25.0 Å². The van der Waals surface area contributed by atoms with Gasteiger partial charge in [-0.05, 0) is 101 Å². The summed E-state index contributed by atoms with van der Waals surface area (Å²) in [6.07, 6.45) is 16.2. The second kappa shape index (κ2) is 8.56. The molecule has 40 heavy (non-hydrogen) atoms. The van der Waals surface area contributed by atoms with E-state index in [0.29, 0.717) is 29.2 Å². The molecule has 2 heterocycles. The smallest absolute Gasteiger partial charge is 0.348 e. The zero-order valence-electron chi connectivity index (χ0n) is 22.8. The van der Waals surface area contributed by atoms with Crippen LogP contribution in [-0.4, -0.2) is 35.5 Å². The van der Waals surface area contributed by atoms with Crippen LogP contribution in [0.5, 0.6) is 0 Å². The predicted molar refractivity (Wildman–Crippen MR) is 138 cm³/mol. The molecule has 0 aromatic rings. The predicted octanol–water partition coefficient (Wildman–Crippen LogP) is 4.54. The standard InChI is InChI=1S/C32H36O8/c1-16(2-4-25-27(33)37-31(38-28(25)34)21-8-17-6-18(10-21)11-22(31)9-17)3-5-26-29(35)39-32(40-30(26)36)23-12-19-7-20(14-23)15-24(32)13-19/h2-5,17-25H,6-15H2,1H3/b4-2+,16-3+,26-5?. The molecule has 0 atom stereocenters. The van der Waals surface area contributed by atoms with Gasteiger partial charge in [-0.25, -0.2) is 9.59 Å². The first kappa shape index (κ1) is 24.9. The normalized spacial score (nSPS) is 48.6. The molecule has 10 rings (SSSR count). The molecule has 0 aromatic heterocycles. The molecule has 10 aliphatic rings. The Morgan fingerprint density at radius 2 is 1.02 bits per heavy atom. The van der Waals surface area contributed by atoms with Crippen molar-refractivity contribution >= 4 is 23.9 Å². The molecule has 10 fully saturated rings. The number of hydrogen-bond donors (Lipinski definition) is 0. The third-order valence-electron chi connectivity index (χ3n) is 11.6. The Kier molecular flexibility index (Phi) is 5.32. The molecule has 8 heteroatoms. The van der Waals surface area contributed by atoms with Crippen LogP contribution in [0.15, 0.2) is 35.5 Å². The van der Waals surface area contributed by atoms with Crippen molar-refractivity contribution in [1.82, 2.24) is 0 Å². The van der Waals surface area contributed by atoms with Crippen LogP contribution in [0.2, 0.25) is 0 Å². The zero-order valence-corrected chi connectivity index (χ0v) is 22.8. The van der Waals surface area contributed by atoms with E-state index in [0.717, 1.165) is 51.4 Å². The van der Waals surface area contributed by atoms with Gasteiger partial charge in [0, 0.05) is 23.7 Å². The lowest BCUT2D eigenvalue weighted by atomic mass is 9.53. The van der Waals surface area contributed by atoms with Crippen LogP contribution in [0, 0.1) is 53.3 Å². The van der Waals surface area contributed by atoms with Crippen molar-refractivity contribution in [2.45, 2.75) is 82.7 Å². The highest BCUT2D eigenvalue weighted by molar-refractivity contribution is 6.15. The minimum absolute atomic E-state index is 0.0893. The summed E-state index contributed by atoms with van der Waals surface area (Å²) in [5.41, 5.74) is 0.492. The fourth-order valence-corrected chi connectivity index (χ4v) is 10.2. The number of esters is 4. The molecule has 2 aliphatic heterocycles. The molecule has 8 aliphatic carbocycles. The molecule has 8 nitrogen and oxygen atoms in total. The Morgan fingerprint density at radius 3 is 1.45 bits per heavy atom. The Labute approximate surface area is 233 Å². The first-order chi connectivity index (χ1) is 19.2. The molecule has 2 saturated heterocycles. The number of carbonyl (C=O) groups is 4. The van der Waals surface area contributed by atoms with Crippen LogP contribution in [0.3, 0.4) is 0 Å². The minimum Gasteiger partial charge on any atom is -0.421 e. The summed E-state index contributed by atoms with van der Waals surface area (Å²) in [5.74, 6) is -2.75. The van der Waals surface area contributed by atoms with Gasteiger partial charge in [0.25, 0.3) is 11.6 Å². The van der Waals surface area contributed by atoms with Crippen molar-refractivity contribution in [2.24, 2.45) is 53.3 Å². The summed E-state index contributed by atoms with van der Waals surface area (Å²) in [7, 11) is 0. The maximum Gasteiger partial charge on any atom is 0.348 e. The third-order valence-corrected chi connectivity index (χ3v) is 11.6. The van der Waals surface area contributed by atoms with Crippen LogP contribution in [-0.2, 0) is 38.1 Å². The molecule has 0 N–H and O–H groups in total. The van der Waals surface area contributed by atoms with Crippen LogP contribution in [0.1, 0.15) is 71.1 Å². The van der Waals surface area contributed by atoms with Gasteiger partial charge in [0.15, 0.2) is 5.92 Å². The first-order valence-corrected chi connectivity index (χ1v) is 15.2. The fourth-order valence-electron chi connectivity index (χ4n) is 10.2. The highest BCUT2D eigenvalue weighted by atomic mass is 16.8. The molecule has 0 amide bonds. The molecule has 0 aromatic carbocycles. The van der Waals surface area contributed by atoms with Crippen LogP contribution in [0.25, 0.3) is 0 Å². The van der Waals surface area contributed by atoms with E-state index in [2.05, 4.69) is 0 Å². The topological polar surface area (TPSA) is 105 Å². The SMILES string of the molecule is CC(/C=C/C1C(=O)OC2(OC1=O)C1CC3CC(C1)CC2C3)=C\C=C1C(=O)OC2(OC1=O)C1CC3CC(C1)CC2C3. The number of rotatable bonds is 3. The van der Waals surface area contributed by atoms with Gasteiger partial charge in [-0.15, -0.1) is 0 Å². The third kappa shape index (κ3) is 3.56. The van der Waals surface area contributed by atoms with E-state index in [4.69, 9.17) is 18.9 Å². The molecular formula is C32H36O8. The van der Waals surface area contributed by atoms with Crippen LogP contribution in [0.4, 0.5) is 0 Å². The molecule has 0 radical (unpaired) electrons. The molecule has 212 valence electrons. The van der Waals surface area contributed by atoms with Gasteiger partial charge in [-0.2, -0.15) is 0 Å². The summed E-state index contributed by atoms with van der Waals surface area (Å²) in [5, 5.41) is 0. The second-order valence-electron chi connectivity index (χ2n) is 14.0. The quantitative estimate of drug-likeness (QED) is 0.167. The monoisotopic (exact) mass is 548 g/mol. The van der Waals surface area contributed by atoms with Gasteiger partial charge >= 0.3 is 23.9 Å². The Hall–Kier alpha value is -2.90.